The van der Waals surface area contributed by atoms with Crippen LogP contribution in [-0.2, 0) is 10.2 Å². The highest BCUT2D eigenvalue weighted by molar-refractivity contribution is 7.87. The van der Waals surface area contributed by atoms with Gasteiger partial charge in [-0.1, -0.05) is 18.6 Å². The molecule has 2 atom stereocenters. The molecule has 1 saturated carbocycles. The zero-order valence-corrected chi connectivity index (χ0v) is 12.1. The van der Waals surface area contributed by atoms with E-state index in [-0.39, 0.29) is 12.0 Å². The van der Waals surface area contributed by atoms with E-state index in [0.29, 0.717) is 4.99 Å². The van der Waals surface area contributed by atoms with Crippen molar-refractivity contribution in [3.8, 4) is 0 Å². The largest absolute Gasteiger partial charge is 0.393 e. The van der Waals surface area contributed by atoms with E-state index in [0.717, 1.165) is 19.3 Å². The van der Waals surface area contributed by atoms with Gasteiger partial charge in [-0.2, -0.15) is 17.9 Å². The lowest BCUT2D eigenvalue weighted by Crippen LogP contribution is -2.51. The topological polar surface area (TPSA) is 84.2 Å². The quantitative estimate of drug-likeness (QED) is 0.660. The summed E-state index contributed by atoms with van der Waals surface area (Å²) in [7, 11) is -3.50. The van der Waals surface area contributed by atoms with Crippen LogP contribution >= 0.6 is 12.2 Å². The van der Waals surface area contributed by atoms with E-state index in [2.05, 4.69) is 9.44 Å². The van der Waals surface area contributed by atoms with E-state index >= 15 is 0 Å². The Morgan fingerprint density at radius 3 is 2.41 bits per heavy atom. The van der Waals surface area contributed by atoms with Crippen molar-refractivity contribution in [2.75, 3.05) is 0 Å². The van der Waals surface area contributed by atoms with Gasteiger partial charge in [0, 0.05) is 17.5 Å². The SMILES string of the molecule is CC(C)(C)NS(=O)(=O)NC1CCCC1C(N)=S. The van der Waals surface area contributed by atoms with Crippen molar-refractivity contribution < 1.29 is 8.42 Å². The van der Waals surface area contributed by atoms with Gasteiger partial charge in [0.2, 0.25) is 0 Å². The standard InChI is InChI=1S/C10H21N3O2S2/c1-10(2,3)13-17(14,15)12-8-6-4-5-7(8)9(11)16/h7-8,12-13H,4-6H2,1-3H3,(H2,11,16). The fourth-order valence-electron chi connectivity index (χ4n) is 2.07. The Morgan fingerprint density at radius 1 is 1.35 bits per heavy atom. The van der Waals surface area contributed by atoms with Crippen molar-refractivity contribution in [1.29, 1.82) is 0 Å². The molecule has 1 rings (SSSR count). The first-order valence-electron chi connectivity index (χ1n) is 5.71. The second kappa shape index (κ2) is 5.17. The fraction of sp³-hybridized carbons (Fsp3) is 0.900. The van der Waals surface area contributed by atoms with Gasteiger partial charge in [-0.3, -0.25) is 0 Å². The maximum Gasteiger partial charge on any atom is 0.277 e. The van der Waals surface area contributed by atoms with E-state index in [1.54, 1.807) is 20.8 Å². The molecule has 100 valence electrons. The smallest absolute Gasteiger partial charge is 0.277 e. The van der Waals surface area contributed by atoms with Crippen LogP contribution in [0, 0.1) is 5.92 Å². The minimum Gasteiger partial charge on any atom is -0.393 e. The highest BCUT2D eigenvalue weighted by Crippen LogP contribution is 2.26. The van der Waals surface area contributed by atoms with Crippen LogP contribution in [0.4, 0.5) is 0 Å². The monoisotopic (exact) mass is 279 g/mol. The van der Waals surface area contributed by atoms with Gasteiger partial charge in [0.25, 0.3) is 10.2 Å². The van der Waals surface area contributed by atoms with Crippen molar-refractivity contribution in [3.63, 3.8) is 0 Å². The Balaban J connectivity index is 2.68. The minimum absolute atomic E-state index is 0.0263. The molecular weight excluding hydrogens is 258 g/mol. The highest BCUT2D eigenvalue weighted by Gasteiger charge is 2.33. The normalized spacial score (nSPS) is 26.1. The zero-order valence-electron chi connectivity index (χ0n) is 10.5. The Labute approximate surface area is 109 Å². The van der Waals surface area contributed by atoms with E-state index in [1.165, 1.54) is 0 Å². The Morgan fingerprint density at radius 2 is 1.94 bits per heavy atom. The first-order valence-corrected chi connectivity index (χ1v) is 7.60. The molecule has 7 heteroatoms. The van der Waals surface area contributed by atoms with Gasteiger partial charge in [-0.15, -0.1) is 0 Å². The molecule has 0 aromatic heterocycles. The fourth-order valence-corrected chi connectivity index (χ4v) is 3.90. The molecule has 0 saturated heterocycles. The van der Waals surface area contributed by atoms with E-state index in [1.807, 2.05) is 0 Å². The average molecular weight is 279 g/mol. The summed E-state index contributed by atoms with van der Waals surface area (Å²) >= 11 is 4.95. The number of nitrogens with two attached hydrogens (primary N) is 1. The molecule has 5 nitrogen and oxygen atoms in total. The molecule has 17 heavy (non-hydrogen) atoms. The van der Waals surface area contributed by atoms with Crippen molar-refractivity contribution in [2.24, 2.45) is 11.7 Å². The maximum atomic E-state index is 11.9. The lowest BCUT2D eigenvalue weighted by molar-refractivity contribution is 0.466. The summed E-state index contributed by atoms with van der Waals surface area (Å²) in [5.74, 6) is -0.0263. The van der Waals surface area contributed by atoms with Crippen LogP contribution < -0.4 is 15.2 Å². The molecule has 0 heterocycles. The van der Waals surface area contributed by atoms with Crippen molar-refractivity contribution >= 4 is 27.4 Å². The van der Waals surface area contributed by atoms with E-state index in [9.17, 15) is 8.42 Å². The lowest BCUT2D eigenvalue weighted by atomic mass is 10.1. The predicted octanol–water partition coefficient (Wildman–Crippen LogP) is 0.664. The van der Waals surface area contributed by atoms with Gasteiger partial charge >= 0.3 is 0 Å². The van der Waals surface area contributed by atoms with Crippen molar-refractivity contribution in [2.45, 2.75) is 51.6 Å². The van der Waals surface area contributed by atoms with Crippen LogP contribution in [0.25, 0.3) is 0 Å². The summed E-state index contributed by atoms with van der Waals surface area (Å²) in [6, 6.07) is -0.174. The minimum atomic E-state index is -3.50. The van der Waals surface area contributed by atoms with Gasteiger partial charge in [-0.25, -0.2) is 0 Å². The molecule has 1 fully saturated rings. The molecule has 0 spiro atoms. The van der Waals surface area contributed by atoms with Gasteiger partial charge in [0.05, 0.1) is 4.99 Å². The summed E-state index contributed by atoms with van der Waals surface area (Å²) < 4.78 is 28.9. The Kier molecular flexibility index (Phi) is 4.51. The van der Waals surface area contributed by atoms with Crippen LogP contribution in [-0.4, -0.2) is 25.0 Å². The van der Waals surface area contributed by atoms with Gasteiger partial charge in [-0.05, 0) is 33.6 Å². The van der Waals surface area contributed by atoms with Crippen LogP contribution in [0.2, 0.25) is 0 Å². The second-order valence-electron chi connectivity index (χ2n) is 5.52. The van der Waals surface area contributed by atoms with Crippen LogP contribution in [0.15, 0.2) is 0 Å². The van der Waals surface area contributed by atoms with Crippen molar-refractivity contribution in [3.05, 3.63) is 0 Å². The molecule has 0 amide bonds. The van der Waals surface area contributed by atoms with E-state index < -0.39 is 15.7 Å². The molecule has 0 aliphatic heterocycles. The number of hydrogen-bond donors (Lipinski definition) is 3. The average Bonchev–Trinajstić information content (AvgIpc) is 2.45. The molecule has 0 aromatic carbocycles. The van der Waals surface area contributed by atoms with Crippen LogP contribution in [0.5, 0.6) is 0 Å². The summed E-state index contributed by atoms with van der Waals surface area (Å²) in [6.07, 6.45) is 2.59. The number of thiocarbonyl (C=S) groups is 1. The van der Waals surface area contributed by atoms with Gasteiger partial charge < -0.3 is 5.73 Å². The van der Waals surface area contributed by atoms with Crippen molar-refractivity contribution in [1.82, 2.24) is 9.44 Å². The molecular formula is C10H21N3O2S2. The third kappa shape index (κ3) is 4.87. The number of hydrogen-bond acceptors (Lipinski definition) is 3. The Hall–Kier alpha value is -0.240. The summed E-state index contributed by atoms with van der Waals surface area (Å²) in [4.78, 5) is 0.394. The molecule has 4 N–H and O–H groups in total. The third-order valence-corrected chi connectivity index (χ3v) is 4.43. The molecule has 0 bridgehead atoms. The van der Waals surface area contributed by atoms with Crippen LogP contribution in [0.1, 0.15) is 40.0 Å². The summed E-state index contributed by atoms with van der Waals surface area (Å²) in [6.45, 7) is 5.39. The second-order valence-corrected chi connectivity index (χ2v) is 7.44. The first-order chi connectivity index (χ1) is 7.61. The summed E-state index contributed by atoms with van der Waals surface area (Å²) in [5, 5.41) is 0. The molecule has 1 aliphatic carbocycles. The van der Waals surface area contributed by atoms with E-state index in [4.69, 9.17) is 18.0 Å². The van der Waals surface area contributed by atoms with Crippen LogP contribution in [0.3, 0.4) is 0 Å². The zero-order chi connectivity index (χ0) is 13.3. The third-order valence-electron chi connectivity index (χ3n) is 2.63. The molecule has 0 radical (unpaired) electrons. The maximum absolute atomic E-state index is 11.9. The lowest BCUT2D eigenvalue weighted by Gasteiger charge is -2.24. The first kappa shape index (κ1) is 14.8. The number of nitrogens with one attached hydrogen (secondary N) is 2. The molecule has 0 aromatic rings. The summed E-state index contributed by atoms with van der Waals surface area (Å²) in [5.41, 5.74) is 5.11. The molecule has 2 unspecified atom stereocenters. The van der Waals surface area contributed by atoms with Gasteiger partial charge in [0.1, 0.15) is 0 Å². The van der Waals surface area contributed by atoms with Gasteiger partial charge in [0.15, 0.2) is 0 Å². The molecule has 1 aliphatic rings. The number of rotatable bonds is 4. The Bertz CT molecular complexity index is 387. The predicted molar refractivity (Wildman–Crippen MR) is 72.9 cm³/mol. The highest BCUT2D eigenvalue weighted by atomic mass is 32.2.